The van der Waals surface area contributed by atoms with Crippen LogP contribution >= 0.6 is 23.5 Å². The number of carbonyl (C=O) groups is 4. The third kappa shape index (κ3) is 5.55. The van der Waals surface area contributed by atoms with E-state index in [9.17, 15) is 39.6 Å². The van der Waals surface area contributed by atoms with E-state index in [1.807, 2.05) is 0 Å². The van der Waals surface area contributed by atoms with E-state index >= 15 is 0 Å². The highest BCUT2D eigenvalue weighted by Crippen LogP contribution is 2.41. The first-order valence-corrected chi connectivity index (χ1v) is 14.3. The van der Waals surface area contributed by atoms with Gasteiger partial charge in [0.15, 0.2) is 0 Å². The van der Waals surface area contributed by atoms with Crippen LogP contribution in [0.1, 0.15) is 22.0 Å². The van der Waals surface area contributed by atoms with Crippen molar-refractivity contribution >= 4 is 47.2 Å². The molecule has 17 heteroatoms. The monoisotopic (exact) mass is 613 g/mol. The van der Waals surface area contributed by atoms with Gasteiger partial charge in [-0.15, -0.1) is 16.9 Å². The Labute approximate surface area is 245 Å². The third-order valence-corrected chi connectivity index (χ3v) is 8.93. The molecular weight excluding hydrogens is 590 g/mol. The number of thioether (sulfide) groups is 2. The molecule has 6 N–H and O–H groups in total. The van der Waals surface area contributed by atoms with Crippen LogP contribution in [0, 0.1) is 0 Å². The molecule has 0 bridgehead atoms. The second kappa shape index (κ2) is 11.6. The number of β-lactam (4-membered cyclic amide) rings is 1. The summed E-state index contributed by atoms with van der Waals surface area (Å²) in [5.41, 5.74) is 0.387. The minimum absolute atomic E-state index is 0.0822. The van der Waals surface area contributed by atoms with Crippen LogP contribution in [0.4, 0.5) is 0 Å². The van der Waals surface area contributed by atoms with Gasteiger partial charge in [-0.3, -0.25) is 19.3 Å². The Balaban J connectivity index is 1.34. The van der Waals surface area contributed by atoms with Gasteiger partial charge in [-0.2, -0.15) is 0 Å². The van der Waals surface area contributed by atoms with Crippen molar-refractivity contribution < 1.29 is 39.6 Å². The fourth-order valence-corrected chi connectivity index (χ4v) is 6.75. The number of carboxylic acid groups (broad SMARTS) is 1. The second-order valence-electron chi connectivity index (χ2n) is 9.23. The molecule has 1 aromatic heterocycles. The zero-order valence-corrected chi connectivity index (χ0v) is 23.3. The van der Waals surface area contributed by atoms with Gasteiger partial charge in [-0.05, 0) is 45.8 Å². The van der Waals surface area contributed by atoms with Crippen molar-refractivity contribution in [1.82, 2.24) is 35.7 Å². The highest BCUT2D eigenvalue weighted by atomic mass is 32.2. The first-order valence-electron chi connectivity index (χ1n) is 12.2. The lowest BCUT2D eigenvalue weighted by molar-refractivity contribution is -0.151. The molecule has 2 aromatic carbocycles. The fraction of sp³-hybridized carbons (Fsp3) is 0.240. The van der Waals surface area contributed by atoms with E-state index in [0.29, 0.717) is 10.7 Å². The molecule has 2 aliphatic rings. The molecule has 218 valence electrons. The summed E-state index contributed by atoms with van der Waals surface area (Å²) in [6.07, 6.45) is 0. The van der Waals surface area contributed by atoms with Crippen LogP contribution in [-0.4, -0.2) is 92.1 Å². The van der Waals surface area contributed by atoms with Gasteiger partial charge in [-0.25, -0.2) is 9.48 Å². The largest absolute Gasteiger partial charge is 0.508 e. The molecule has 0 spiro atoms. The molecule has 0 radical (unpaired) electrons. The highest BCUT2D eigenvalue weighted by molar-refractivity contribution is 8.01. The van der Waals surface area contributed by atoms with Gasteiger partial charge in [0.2, 0.25) is 11.1 Å². The molecule has 5 rings (SSSR count). The van der Waals surface area contributed by atoms with Crippen molar-refractivity contribution in [2.75, 3.05) is 11.5 Å². The first kappa shape index (κ1) is 28.7. The van der Waals surface area contributed by atoms with Crippen molar-refractivity contribution in [3.8, 4) is 17.2 Å². The second-order valence-corrected chi connectivity index (χ2v) is 11.3. The van der Waals surface area contributed by atoms with Crippen molar-refractivity contribution in [2.45, 2.75) is 22.6 Å². The Morgan fingerprint density at radius 1 is 1.12 bits per heavy atom. The number of carbonyl (C=O) groups excluding carboxylic acids is 3. The number of benzene rings is 2. The molecule has 42 heavy (non-hydrogen) atoms. The average Bonchev–Trinajstić information content (AvgIpc) is 3.37. The number of nitrogens with zero attached hydrogens (tertiary/aromatic N) is 5. The smallest absolute Gasteiger partial charge is 0.352 e. The molecule has 3 atom stereocenters. The summed E-state index contributed by atoms with van der Waals surface area (Å²) in [7, 11) is 1.65. The lowest BCUT2D eigenvalue weighted by atomic mass is 10.0. The summed E-state index contributed by atoms with van der Waals surface area (Å²) >= 11 is 2.51. The number of fused-ring (bicyclic) bond motifs is 1. The predicted molar refractivity (Wildman–Crippen MR) is 147 cm³/mol. The van der Waals surface area contributed by atoms with Crippen LogP contribution in [-0.2, 0) is 21.4 Å². The minimum atomic E-state index is -1.36. The van der Waals surface area contributed by atoms with Gasteiger partial charge in [0.25, 0.3) is 11.8 Å². The lowest BCUT2D eigenvalue weighted by Gasteiger charge is -2.49. The number of hydrogen-bond donors (Lipinski definition) is 6. The number of aromatic nitrogens is 4. The fourth-order valence-electron chi connectivity index (χ4n) is 4.41. The number of carboxylic acids is 1. The SMILES string of the molecule is Cn1nnnc1SCC1=C(C(=O)O)N2C(=O)C(NC(=O)C(NC(=O)c3ccc(O)cc3O)c3ccc(O)cc3)[C@@H]2SC1. The zero-order valence-electron chi connectivity index (χ0n) is 21.7. The van der Waals surface area contributed by atoms with Crippen LogP contribution in [0.15, 0.2) is 58.9 Å². The maximum Gasteiger partial charge on any atom is 0.352 e. The molecule has 3 amide bonds. The van der Waals surface area contributed by atoms with E-state index in [2.05, 4.69) is 26.2 Å². The summed E-state index contributed by atoms with van der Waals surface area (Å²) in [6, 6.07) is 6.34. The van der Waals surface area contributed by atoms with Crippen LogP contribution in [0.3, 0.4) is 0 Å². The summed E-state index contributed by atoms with van der Waals surface area (Å²) in [5.74, 6) is -3.89. The summed E-state index contributed by atoms with van der Waals surface area (Å²) in [5, 5.41) is 55.3. The molecule has 2 aliphatic heterocycles. The normalized spacial score (nSPS) is 18.6. The number of tetrazole rings is 1. The maximum atomic E-state index is 13.5. The number of hydrogen-bond acceptors (Lipinski definition) is 12. The van der Waals surface area contributed by atoms with Crippen molar-refractivity contribution in [3.63, 3.8) is 0 Å². The Bertz CT molecular complexity index is 1610. The Morgan fingerprint density at radius 2 is 1.83 bits per heavy atom. The van der Waals surface area contributed by atoms with Gasteiger partial charge in [0.05, 0.1) is 5.56 Å². The minimum Gasteiger partial charge on any atom is -0.508 e. The molecule has 1 saturated heterocycles. The summed E-state index contributed by atoms with van der Waals surface area (Å²) in [4.78, 5) is 52.9. The summed E-state index contributed by atoms with van der Waals surface area (Å²) < 4.78 is 1.44. The molecule has 3 aromatic rings. The Hall–Kier alpha value is -4.77. The topological polar surface area (TPSA) is 220 Å². The highest BCUT2D eigenvalue weighted by Gasteiger charge is 2.54. The molecule has 1 fully saturated rings. The maximum absolute atomic E-state index is 13.5. The average molecular weight is 614 g/mol. The van der Waals surface area contributed by atoms with Gasteiger partial charge in [0, 0.05) is 24.6 Å². The molecular formula is C25H23N7O8S2. The molecule has 15 nitrogen and oxygen atoms in total. The van der Waals surface area contributed by atoms with Gasteiger partial charge >= 0.3 is 5.97 Å². The van der Waals surface area contributed by atoms with Crippen molar-refractivity contribution in [1.29, 1.82) is 0 Å². The third-order valence-electron chi connectivity index (χ3n) is 6.49. The Kier molecular flexibility index (Phi) is 7.95. The lowest BCUT2D eigenvalue weighted by Crippen LogP contribution is -2.71. The number of rotatable bonds is 9. The van der Waals surface area contributed by atoms with Crippen molar-refractivity contribution in [3.05, 3.63) is 64.9 Å². The number of aryl methyl sites for hydroxylation is 1. The van der Waals surface area contributed by atoms with Crippen LogP contribution in [0.25, 0.3) is 0 Å². The van der Waals surface area contributed by atoms with Gasteiger partial charge in [0.1, 0.15) is 40.4 Å². The molecule has 2 unspecified atom stereocenters. The standard InChI is InChI=1S/C25H23N7O8S2/c1-31-25(28-29-30-31)42-10-12-9-41-23-18(22(38)32(23)19(12)24(39)40)27-21(37)17(11-2-4-13(33)5-3-11)26-20(36)15-7-6-14(34)8-16(15)35/h2-8,17-18,23,33-35H,9-10H2,1H3,(H,26,36)(H,27,37)(H,39,40)/t17?,18?,23-/m0/s1. The number of aliphatic carboxylic acids is 1. The van der Waals surface area contributed by atoms with Crippen LogP contribution in [0.2, 0.25) is 0 Å². The molecule has 0 saturated carbocycles. The van der Waals surface area contributed by atoms with E-state index in [1.54, 1.807) is 7.05 Å². The molecule has 3 heterocycles. The number of amides is 3. The molecule has 0 aliphatic carbocycles. The van der Waals surface area contributed by atoms with Crippen LogP contribution < -0.4 is 10.6 Å². The Morgan fingerprint density at radius 3 is 2.48 bits per heavy atom. The first-order chi connectivity index (χ1) is 20.0. The van der Waals surface area contributed by atoms with Gasteiger partial charge < -0.3 is 31.1 Å². The van der Waals surface area contributed by atoms with Gasteiger partial charge in [-0.1, -0.05) is 23.9 Å². The van der Waals surface area contributed by atoms with E-state index in [4.69, 9.17) is 0 Å². The number of aromatic hydroxyl groups is 3. The zero-order chi connectivity index (χ0) is 30.1. The van der Waals surface area contributed by atoms with E-state index in [0.717, 1.165) is 11.0 Å². The summed E-state index contributed by atoms with van der Waals surface area (Å²) in [6.45, 7) is 0. The van der Waals surface area contributed by atoms with Crippen molar-refractivity contribution in [2.24, 2.45) is 7.05 Å². The number of phenols is 3. The number of nitrogens with one attached hydrogen (secondary N) is 2. The number of phenolic OH excluding ortho intramolecular Hbond substituents is 3. The van der Waals surface area contributed by atoms with E-state index < -0.39 is 46.9 Å². The van der Waals surface area contributed by atoms with E-state index in [1.165, 1.54) is 64.6 Å². The van der Waals surface area contributed by atoms with E-state index in [-0.39, 0.29) is 39.8 Å². The predicted octanol–water partition coefficient (Wildman–Crippen LogP) is 0.329. The van der Waals surface area contributed by atoms with Crippen LogP contribution in [0.5, 0.6) is 17.2 Å². The quantitative estimate of drug-likeness (QED) is 0.142.